The molecule has 1 aromatic heterocycles. The smallest absolute Gasteiger partial charge is 0.374 e. The highest BCUT2D eigenvalue weighted by atomic mass is 32.2. The van der Waals surface area contributed by atoms with Gasteiger partial charge in [0.25, 0.3) is 5.52 Å². The fourth-order valence-electron chi connectivity index (χ4n) is 3.80. The molecule has 0 atom stereocenters. The fourth-order valence-corrected chi connectivity index (χ4v) is 4.28. The van der Waals surface area contributed by atoms with Crippen LogP contribution in [0.15, 0.2) is 46.9 Å². The van der Waals surface area contributed by atoms with E-state index in [-0.39, 0.29) is 6.42 Å². The van der Waals surface area contributed by atoms with Gasteiger partial charge in [0.15, 0.2) is 18.0 Å². The highest BCUT2D eigenvalue weighted by molar-refractivity contribution is 7.85. The second-order valence-corrected chi connectivity index (χ2v) is 9.77. The van der Waals surface area contributed by atoms with Crippen LogP contribution in [-0.4, -0.2) is 71.6 Å². The molecule has 37 heavy (non-hydrogen) atoms. The number of oxazole rings is 1. The third kappa shape index (κ3) is 8.54. The Kier molecular flexibility index (Phi) is 9.92. The maximum atomic E-state index is 11.1. The lowest BCUT2D eigenvalue weighted by Gasteiger charge is -2.13. The number of aryl methyl sites for hydroxylation is 1. The molecule has 3 aromatic rings. The lowest BCUT2D eigenvalue weighted by atomic mass is 10.2. The van der Waals surface area contributed by atoms with E-state index in [0.717, 1.165) is 11.1 Å². The van der Waals surface area contributed by atoms with E-state index < -0.39 is 15.9 Å². The summed E-state index contributed by atoms with van der Waals surface area (Å²) in [4.78, 5) is 0. The van der Waals surface area contributed by atoms with Crippen molar-refractivity contribution in [2.24, 2.45) is 0 Å². The Bertz CT molecular complexity index is 1290. The second kappa shape index (κ2) is 13.5. The van der Waals surface area contributed by atoms with E-state index in [0.29, 0.717) is 82.4 Å². The number of benzene rings is 2. The van der Waals surface area contributed by atoms with Crippen molar-refractivity contribution < 1.29 is 45.6 Å². The lowest BCUT2D eigenvalue weighted by Crippen LogP contribution is -2.36. The van der Waals surface area contributed by atoms with Gasteiger partial charge in [-0.1, -0.05) is 18.2 Å². The van der Waals surface area contributed by atoms with Crippen LogP contribution in [-0.2, 0) is 30.9 Å². The standard InChI is InChI=1S/C26H31NO9S/c28-37(29,30)19-3-10-27-22-4-1-2-5-23(22)36-26(27)9-7-21-6-8-24-25(20-21)35-18-16-33-14-12-31-11-13-32-15-17-34-24/h1-2,4-9,20H,3,10-19H2/b9-7+. The largest absolute Gasteiger partial charge is 0.748 e. The number of rotatable bonds is 6. The van der Waals surface area contributed by atoms with Crippen molar-refractivity contribution >= 4 is 33.4 Å². The van der Waals surface area contributed by atoms with Gasteiger partial charge in [0.2, 0.25) is 5.58 Å². The Balaban J connectivity index is 1.52. The maximum absolute atomic E-state index is 11.1. The SMILES string of the molecule is O=S(=O)([O-])CCC[n+]1c(/C=C/c2ccc3c(c2)OCCOCCOCCOCCO3)oc2ccccc21. The summed E-state index contributed by atoms with van der Waals surface area (Å²) in [7, 11) is -4.29. The normalized spacial score (nSPS) is 16.5. The van der Waals surface area contributed by atoms with Crippen molar-refractivity contribution in [1.82, 2.24) is 0 Å². The van der Waals surface area contributed by atoms with Crippen molar-refractivity contribution in [3.8, 4) is 11.5 Å². The molecule has 2 aromatic carbocycles. The Labute approximate surface area is 216 Å². The number of nitrogens with zero attached hydrogens (tertiary/aromatic N) is 1. The molecule has 0 saturated heterocycles. The molecule has 0 radical (unpaired) electrons. The number of hydrogen-bond donors (Lipinski definition) is 0. The van der Waals surface area contributed by atoms with Gasteiger partial charge < -0.3 is 32.7 Å². The maximum Gasteiger partial charge on any atom is 0.374 e. The zero-order chi connectivity index (χ0) is 25.9. The molecular formula is C26H31NO9S. The Morgan fingerprint density at radius 2 is 1.46 bits per heavy atom. The minimum Gasteiger partial charge on any atom is -0.748 e. The molecule has 2 heterocycles. The van der Waals surface area contributed by atoms with Crippen molar-refractivity contribution in [3.63, 3.8) is 0 Å². The van der Waals surface area contributed by atoms with Gasteiger partial charge in [-0.3, -0.25) is 0 Å². The first-order chi connectivity index (χ1) is 18.0. The number of fused-ring (bicyclic) bond motifs is 2. The van der Waals surface area contributed by atoms with E-state index in [4.69, 9.17) is 28.1 Å². The average molecular weight is 534 g/mol. The topological polar surface area (TPSA) is 120 Å². The summed E-state index contributed by atoms with van der Waals surface area (Å²) in [5.74, 6) is 1.28. The molecule has 0 saturated carbocycles. The van der Waals surface area contributed by atoms with Crippen LogP contribution in [0, 0.1) is 0 Å². The molecule has 4 rings (SSSR count). The second-order valence-electron chi connectivity index (χ2n) is 8.25. The summed E-state index contributed by atoms with van der Waals surface area (Å²) in [6, 6.07) is 13.1. The summed E-state index contributed by atoms with van der Waals surface area (Å²) in [5, 5.41) is 0. The molecule has 0 unspecified atom stereocenters. The van der Waals surface area contributed by atoms with E-state index in [9.17, 15) is 13.0 Å². The molecule has 1 aliphatic rings. The van der Waals surface area contributed by atoms with Crippen LogP contribution in [0.25, 0.3) is 23.3 Å². The molecule has 0 bridgehead atoms. The highest BCUT2D eigenvalue weighted by Crippen LogP contribution is 2.29. The van der Waals surface area contributed by atoms with Gasteiger partial charge in [-0.15, -0.1) is 0 Å². The minimum atomic E-state index is -4.29. The summed E-state index contributed by atoms with van der Waals surface area (Å²) in [5.41, 5.74) is 2.33. The van der Waals surface area contributed by atoms with Crippen molar-refractivity contribution in [1.29, 1.82) is 0 Å². The first-order valence-corrected chi connectivity index (χ1v) is 13.7. The van der Waals surface area contributed by atoms with Crippen LogP contribution in [0.1, 0.15) is 17.9 Å². The number of hydrogen-bond acceptors (Lipinski definition) is 9. The van der Waals surface area contributed by atoms with Gasteiger partial charge in [0.1, 0.15) is 13.2 Å². The van der Waals surface area contributed by atoms with E-state index in [2.05, 4.69) is 0 Å². The third-order valence-corrected chi connectivity index (χ3v) is 6.30. The predicted octanol–water partition coefficient (Wildman–Crippen LogP) is 2.65. The van der Waals surface area contributed by atoms with Gasteiger partial charge in [-0.25, -0.2) is 8.42 Å². The molecule has 0 amide bonds. The molecule has 0 fully saturated rings. The van der Waals surface area contributed by atoms with Crippen molar-refractivity contribution in [2.45, 2.75) is 13.0 Å². The van der Waals surface area contributed by atoms with E-state index in [1.807, 2.05) is 53.1 Å². The highest BCUT2D eigenvalue weighted by Gasteiger charge is 2.20. The minimum absolute atomic E-state index is 0.183. The quantitative estimate of drug-likeness (QED) is 0.348. The van der Waals surface area contributed by atoms with Gasteiger partial charge in [-0.05, 0) is 29.8 Å². The number of ether oxygens (including phenoxy) is 5. The molecule has 0 spiro atoms. The average Bonchev–Trinajstić information content (AvgIpc) is 3.22. The first-order valence-electron chi connectivity index (χ1n) is 12.2. The Morgan fingerprint density at radius 1 is 0.811 bits per heavy atom. The number of para-hydroxylation sites is 2. The van der Waals surface area contributed by atoms with Crippen molar-refractivity contribution in [2.75, 3.05) is 58.6 Å². The van der Waals surface area contributed by atoms with Crippen LogP contribution in [0.3, 0.4) is 0 Å². The monoisotopic (exact) mass is 533 g/mol. The Morgan fingerprint density at radius 3 is 2.16 bits per heavy atom. The van der Waals surface area contributed by atoms with Gasteiger partial charge in [-0.2, -0.15) is 4.57 Å². The lowest BCUT2D eigenvalue weighted by molar-refractivity contribution is -0.677. The van der Waals surface area contributed by atoms with E-state index in [1.54, 1.807) is 6.08 Å². The number of aromatic nitrogens is 1. The summed E-state index contributed by atoms with van der Waals surface area (Å²) < 4.78 is 69.3. The zero-order valence-corrected chi connectivity index (χ0v) is 21.3. The van der Waals surface area contributed by atoms with Crippen molar-refractivity contribution in [3.05, 3.63) is 53.9 Å². The zero-order valence-electron chi connectivity index (χ0n) is 20.5. The van der Waals surface area contributed by atoms with Crippen LogP contribution in [0.2, 0.25) is 0 Å². The molecule has 10 nitrogen and oxygen atoms in total. The van der Waals surface area contributed by atoms with Crippen LogP contribution >= 0.6 is 0 Å². The van der Waals surface area contributed by atoms with Crippen LogP contribution in [0.4, 0.5) is 0 Å². The molecule has 1 aliphatic heterocycles. The summed E-state index contributed by atoms with van der Waals surface area (Å²) in [6.07, 6.45) is 3.86. The molecular weight excluding hydrogens is 502 g/mol. The Hall–Kier alpha value is -2.96. The first kappa shape index (κ1) is 27.1. The van der Waals surface area contributed by atoms with E-state index >= 15 is 0 Å². The summed E-state index contributed by atoms with van der Waals surface area (Å²) in [6.45, 7) is 3.88. The van der Waals surface area contributed by atoms with Gasteiger partial charge in [0.05, 0.1) is 55.8 Å². The van der Waals surface area contributed by atoms with Gasteiger partial charge in [0, 0.05) is 18.2 Å². The summed E-state index contributed by atoms with van der Waals surface area (Å²) >= 11 is 0. The molecule has 0 N–H and O–H groups in total. The van der Waals surface area contributed by atoms with E-state index in [1.165, 1.54) is 0 Å². The molecule has 200 valence electrons. The van der Waals surface area contributed by atoms with Crippen LogP contribution < -0.4 is 14.0 Å². The fraction of sp³-hybridized carbons (Fsp3) is 0.423. The molecule has 11 heteroatoms. The predicted molar refractivity (Wildman–Crippen MR) is 134 cm³/mol. The third-order valence-electron chi connectivity index (χ3n) is 5.51. The van der Waals surface area contributed by atoms with Crippen LogP contribution in [0.5, 0.6) is 11.5 Å². The van der Waals surface area contributed by atoms with Gasteiger partial charge >= 0.3 is 5.89 Å². The molecule has 0 aliphatic carbocycles.